The van der Waals surface area contributed by atoms with E-state index < -0.39 is 34.7 Å². The molecular weight excluding hydrogens is 766 g/mol. The van der Waals surface area contributed by atoms with Crippen molar-refractivity contribution in [2.45, 2.75) is 51.4 Å². The predicted molar refractivity (Wildman–Crippen MR) is 90.0 cm³/mol. The minimum atomic E-state index is -1.67. The average Bonchev–Trinajstić information content (AvgIpc) is 2.42. The first-order chi connectivity index (χ1) is 12.1. The maximum absolute atomic E-state index is 10.2. The van der Waals surface area contributed by atoms with Crippen molar-refractivity contribution < 1.29 is 81.7 Å². The summed E-state index contributed by atoms with van der Waals surface area (Å²) in [4.78, 5) is 40.9. The van der Waals surface area contributed by atoms with E-state index in [0.717, 1.165) is 25.9 Å². The van der Waals surface area contributed by atoms with E-state index in [4.69, 9.17) is 11.5 Å². The Hall–Kier alpha value is -0.903. The molecule has 0 amide bonds. The minimum Gasteiger partial charge on any atom is -0.549 e. The smallest absolute Gasteiger partial charge is 0.549 e. The SMILES string of the molecule is N.N.NCCCCN.O=C([O-])C1(C(=O)[O-])CCC1.O=C([O-])C1(C(=O)[O-])CCC1.[Pt+4].[Pt+4]. The van der Waals surface area contributed by atoms with Crippen molar-refractivity contribution in [3.63, 3.8) is 0 Å². The molecule has 0 radical (unpaired) electrons. The second-order valence-corrected chi connectivity index (χ2v) is 6.31. The Morgan fingerprint density at radius 2 is 0.800 bits per heavy atom. The van der Waals surface area contributed by atoms with Gasteiger partial charge in [-0.2, -0.15) is 0 Å². The molecule has 12 nitrogen and oxygen atoms in total. The molecule has 30 heavy (non-hydrogen) atoms. The number of rotatable bonds is 7. The summed E-state index contributed by atoms with van der Waals surface area (Å²) in [6.07, 6.45) is 3.99. The molecule has 0 bridgehead atoms. The minimum absolute atomic E-state index is 0. The molecule has 0 heterocycles. The number of aliphatic carboxylic acids is 4. The molecule has 2 aliphatic carbocycles. The Balaban J connectivity index is -0.000000101. The van der Waals surface area contributed by atoms with Crippen LogP contribution >= 0.6 is 0 Å². The third kappa shape index (κ3) is 10.4. The number of carboxylic acids is 4. The summed E-state index contributed by atoms with van der Waals surface area (Å²) < 4.78 is 0. The molecule has 0 spiro atoms. The van der Waals surface area contributed by atoms with Crippen molar-refractivity contribution in [3.8, 4) is 0 Å². The number of carbonyl (C=O) groups excluding carboxylic acids is 4. The van der Waals surface area contributed by atoms with Gasteiger partial charge in [0.25, 0.3) is 0 Å². The van der Waals surface area contributed by atoms with Crippen molar-refractivity contribution in [2.75, 3.05) is 13.1 Å². The molecule has 0 aromatic carbocycles. The van der Waals surface area contributed by atoms with Gasteiger partial charge >= 0.3 is 42.1 Å². The van der Waals surface area contributed by atoms with Gasteiger partial charge in [-0.15, -0.1) is 0 Å². The standard InChI is InChI=1S/2C6H8O4.C4H12N2.2H3N.2Pt/c2*7-4(8)6(5(9)10)2-1-3-6;5-3-1-2-4-6;;;;/h2*1-3H2,(H,7,8)(H,9,10);1-6H2;2*1H3;;/q;;;;;2*+4/p-4. The molecule has 0 saturated heterocycles. The first-order valence-corrected chi connectivity index (χ1v) is 8.36. The van der Waals surface area contributed by atoms with E-state index in [1.165, 1.54) is 0 Å². The van der Waals surface area contributed by atoms with Crippen molar-refractivity contribution in [3.05, 3.63) is 0 Å². The maximum atomic E-state index is 10.2. The van der Waals surface area contributed by atoms with Crippen LogP contribution in [0.2, 0.25) is 0 Å². The molecule has 2 aliphatic rings. The summed E-state index contributed by atoms with van der Waals surface area (Å²) in [5.41, 5.74) is 6.98. The Bertz CT molecular complexity index is 451. The average molecular weight is 797 g/mol. The van der Waals surface area contributed by atoms with Crippen LogP contribution in [0.1, 0.15) is 51.4 Å². The topological polar surface area (TPSA) is 283 Å². The Morgan fingerprint density at radius 3 is 0.833 bits per heavy atom. The van der Waals surface area contributed by atoms with E-state index in [1.54, 1.807) is 0 Å². The number of hydrogen-bond acceptors (Lipinski definition) is 12. The van der Waals surface area contributed by atoms with Gasteiger partial charge in [-0.3, -0.25) is 0 Å². The first kappa shape index (κ1) is 39.6. The van der Waals surface area contributed by atoms with Crippen LogP contribution in [0.25, 0.3) is 0 Å². The normalized spacial score (nSPS) is 15.9. The van der Waals surface area contributed by atoms with Crippen molar-refractivity contribution in [1.82, 2.24) is 12.3 Å². The second-order valence-electron chi connectivity index (χ2n) is 6.31. The monoisotopic (exact) mass is 796 g/mol. The summed E-state index contributed by atoms with van der Waals surface area (Å²) in [7, 11) is 0. The summed E-state index contributed by atoms with van der Waals surface area (Å²) in [6.45, 7) is 1.55. The molecule has 0 aromatic rings. The molecule has 0 aliphatic heterocycles. The van der Waals surface area contributed by atoms with E-state index in [9.17, 15) is 39.6 Å². The number of carbonyl (C=O) groups is 4. The number of nitrogens with two attached hydrogens (primary N) is 2. The maximum Gasteiger partial charge on any atom is 4.00 e. The zero-order chi connectivity index (χ0) is 20.4. The van der Waals surface area contributed by atoms with E-state index in [2.05, 4.69) is 0 Å². The fraction of sp³-hybridized carbons (Fsp3) is 0.750. The summed E-state index contributed by atoms with van der Waals surface area (Å²) in [6, 6.07) is 0. The van der Waals surface area contributed by atoms with Gasteiger partial charge in [-0.05, 0) is 51.6 Å². The molecule has 0 aromatic heterocycles. The van der Waals surface area contributed by atoms with Crippen LogP contribution in [0.3, 0.4) is 0 Å². The Labute approximate surface area is 204 Å². The molecule has 2 saturated carbocycles. The van der Waals surface area contributed by atoms with Gasteiger partial charge in [-0.1, -0.05) is 12.8 Å². The van der Waals surface area contributed by atoms with Crippen molar-refractivity contribution >= 4 is 23.9 Å². The van der Waals surface area contributed by atoms with E-state index >= 15 is 0 Å². The van der Waals surface area contributed by atoms with E-state index in [-0.39, 0.29) is 80.1 Å². The zero-order valence-corrected chi connectivity index (χ0v) is 21.1. The number of carboxylic acid groups (broad SMARTS) is 4. The van der Waals surface area contributed by atoms with Gasteiger partial charge in [0.05, 0.1) is 23.9 Å². The summed E-state index contributed by atoms with van der Waals surface area (Å²) in [5, 5.41) is 40.9. The van der Waals surface area contributed by atoms with Crippen LogP contribution in [0.5, 0.6) is 0 Å². The first-order valence-electron chi connectivity index (χ1n) is 8.36. The summed E-state index contributed by atoms with van der Waals surface area (Å²) >= 11 is 0. The number of hydrogen-bond donors (Lipinski definition) is 4. The molecule has 2 rings (SSSR count). The quantitative estimate of drug-likeness (QED) is 0.140. The fourth-order valence-corrected chi connectivity index (χ4v) is 2.33. The zero-order valence-electron chi connectivity index (χ0n) is 16.5. The molecule has 14 heteroatoms. The van der Waals surface area contributed by atoms with Crippen LogP contribution in [-0.4, -0.2) is 37.0 Å². The summed E-state index contributed by atoms with van der Waals surface area (Å²) in [5.74, 6) is -6.06. The molecular formula is C16H30N4O8Pt2+4. The van der Waals surface area contributed by atoms with Gasteiger partial charge in [-0.25, -0.2) is 0 Å². The fourth-order valence-electron chi connectivity index (χ4n) is 2.33. The van der Waals surface area contributed by atoms with Crippen LogP contribution in [0.4, 0.5) is 0 Å². The largest absolute Gasteiger partial charge is 4.00 e. The second kappa shape index (κ2) is 18.8. The molecule has 178 valence electrons. The third-order valence-electron chi connectivity index (χ3n) is 4.64. The van der Waals surface area contributed by atoms with E-state index in [0.29, 0.717) is 12.8 Å². The van der Waals surface area contributed by atoms with Crippen molar-refractivity contribution in [2.24, 2.45) is 22.3 Å². The van der Waals surface area contributed by atoms with Gasteiger partial charge < -0.3 is 63.4 Å². The van der Waals surface area contributed by atoms with Crippen molar-refractivity contribution in [1.29, 1.82) is 0 Å². The van der Waals surface area contributed by atoms with E-state index in [1.807, 2.05) is 0 Å². The molecule has 0 atom stereocenters. The van der Waals surface area contributed by atoms with Gasteiger partial charge in [0, 0.05) is 10.8 Å². The van der Waals surface area contributed by atoms with Crippen LogP contribution < -0.4 is 44.2 Å². The van der Waals surface area contributed by atoms with Gasteiger partial charge in [0.15, 0.2) is 0 Å². The number of unbranched alkanes of at least 4 members (excludes halogenated alkanes) is 1. The molecule has 0 unspecified atom stereocenters. The van der Waals surface area contributed by atoms with Gasteiger partial charge in [0.1, 0.15) is 0 Å². The van der Waals surface area contributed by atoms with Crippen LogP contribution in [0, 0.1) is 10.8 Å². The predicted octanol–water partition coefficient (Wildman–Crippen LogP) is -4.68. The van der Waals surface area contributed by atoms with Crippen LogP contribution in [-0.2, 0) is 61.3 Å². The molecule has 2 fully saturated rings. The molecule has 10 N–H and O–H groups in total. The van der Waals surface area contributed by atoms with Crippen LogP contribution in [0.15, 0.2) is 0 Å². The third-order valence-corrected chi connectivity index (χ3v) is 4.64. The Morgan fingerprint density at radius 1 is 0.600 bits per heavy atom. The Kier molecular flexibility index (Phi) is 24.8. The van der Waals surface area contributed by atoms with Gasteiger partial charge in [0.2, 0.25) is 0 Å².